The fourth-order valence-corrected chi connectivity index (χ4v) is 7.79. The Morgan fingerprint density at radius 3 is 2.27 bits per heavy atom. The summed E-state index contributed by atoms with van der Waals surface area (Å²) < 4.78 is 38.4. The van der Waals surface area contributed by atoms with E-state index in [0.717, 1.165) is 38.6 Å². The zero-order valence-electron chi connectivity index (χ0n) is 24.3. The molecule has 0 bridgehead atoms. The van der Waals surface area contributed by atoms with Crippen LogP contribution in [0.1, 0.15) is 39.2 Å². The molecular weight excluding hydrogens is 601 g/mol. The maximum absolute atomic E-state index is 12.9. The van der Waals surface area contributed by atoms with Crippen molar-refractivity contribution in [3.8, 4) is 16.2 Å². The van der Waals surface area contributed by atoms with Crippen LogP contribution in [-0.4, -0.2) is 55.5 Å². The third-order valence-electron chi connectivity index (χ3n) is 7.40. The topological polar surface area (TPSA) is 122 Å². The number of ether oxygens (including phenoxy) is 2. The van der Waals surface area contributed by atoms with Crippen molar-refractivity contribution in [2.24, 2.45) is 0 Å². The zero-order valence-corrected chi connectivity index (χ0v) is 25.9. The van der Waals surface area contributed by atoms with Gasteiger partial charge >= 0.3 is 11.9 Å². The second kappa shape index (κ2) is 14.1. The van der Waals surface area contributed by atoms with Gasteiger partial charge in [-0.05, 0) is 48.6 Å². The van der Waals surface area contributed by atoms with Gasteiger partial charge in [0.15, 0.2) is 11.5 Å². The highest BCUT2D eigenvalue weighted by atomic mass is 32.2. The minimum Gasteiger partial charge on any atom is -0.480 e. The summed E-state index contributed by atoms with van der Waals surface area (Å²) in [5.74, 6) is -1.59. The monoisotopic (exact) mass is 634 g/mol. The number of aromatic carboxylic acids is 1. The van der Waals surface area contributed by atoms with Crippen molar-refractivity contribution < 1.29 is 32.6 Å². The summed E-state index contributed by atoms with van der Waals surface area (Å²) in [7, 11) is -3.40. The molecule has 3 aromatic carbocycles. The minimum absolute atomic E-state index is 0.00689. The van der Waals surface area contributed by atoms with Crippen molar-refractivity contribution in [3.05, 3.63) is 106 Å². The number of carboxylic acids is 1. The number of carboxylic acid groups (broad SMARTS) is 1. The zero-order chi connectivity index (χ0) is 31.1. The smallest absolute Gasteiger partial charge is 0.349 e. The van der Waals surface area contributed by atoms with Crippen LogP contribution < -0.4 is 10.1 Å². The number of hydrogen-bond acceptors (Lipinski definition) is 8. The van der Waals surface area contributed by atoms with E-state index >= 15 is 0 Å². The molecule has 2 N–H and O–H groups in total. The molecule has 1 aromatic heterocycles. The molecule has 9 nitrogen and oxygen atoms in total. The minimum atomic E-state index is -3.40. The molecule has 11 heteroatoms. The number of carbonyl (C=O) groups is 2. The first-order valence-corrected chi connectivity index (χ1v) is 16.7. The lowest BCUT2D eigenvalue weighted by Crippen LogP contribution is -2.42. The van der Waals surface area contributed by atoms with Gasteiger partial charge in [0.2, 0.25) is 10.0 Å². The summed E-state index contributed by atoms with van der Waals surface area (Å²) in [6.45, 7) is 2.34. The van der Waals surface area contributed by atoms with E-state index in [4.69, 9.17) is 9.47 Å². The van der Waals surface area contributed by atoms with E-state index < -0.39 is 28.6 Å². The molecule has 1 fully saturated rings. The van der Waals surface area contributed by atoms with Crippen molar-refractivity contribution in [2.75, 3.05) is 25.0 Å². The first-order chi connectivity index (χ1) is 21.2. The molecule has 0 atom stereocenters. The van der Waals surface area contributed by atoms with E-state index in [0.29, 0.717) is 31.5 Å². The number of esters is 1. The summed E-state index contributed by atoms with van der Waals surface area (Å²) in [5, 5.41) is 13.4. The molecule has 1 aliphatic heterocycles. The van der Waals surface area contributed by atoms with Crippen LogP contribution in [0.5, 0.6) is 5.75 Å². The molecule has 0 spiro atoms. The first kappa shape index (κ1) is 31.2. The SMILES string of the molecule is Cc1c(-c2cccc(NC3CCN(S(=O)(=O)Cc4ccccc4)CC3)c2)sc(C(=O)O)c1OCC(=O)OCc1ccccc1. The lowest BCUT2D eigenvalue weighted by Gasteiger charge is -2.32. The second-order valence-corrected chi connectivity index (χ2v) is 13.6. The van der Waals surface area contributed by atoms with E-state index in [9.17, 15) is 23.1 Å². The van der Waals surface area contributed by atoms with Crippen molar-refractivity contribution in [1.82, 2.24) is 4.31 Å². The van der Waals surface area contributed by atoms with Gasteiger partial charge in [0, 0.05) is 35.3 Å². The van der Waals surface area contributed by atoms with Crippen LogP contribution in [-0.2, 0) is 31.9 Å². The Kier molecular flexibility index (Phi) is 9.99. The normalized spacial score (nSPS) is 14.2. The van der Waals surface area contributed by atoms with Crippen LogP contribution in [0.4, 0.5) is 5.69 Å². The maximum atomic E-state index is 12.9. The molecule has 0 unspecified atom stereocenters. The quantitative estimate of drug-likeness (QED) is 0.183. The fourth-order valence-electron chi connectivity index (χ4n) is 5.14. The van der Waals surface area contributed by atoms with Crippen LogP contribution >= 0.6 is 11.3 Å². The van der Waals surface area contributed by atoms with Crippen LogP contribution in [0, 0.1) is 6.92 Å². The average Bonchev–Trinajstić information content (AvgIpc) is 3.36. The van der Waals surface area contributed by atoms with E-state index in [1.165, 1.54) is 0 Å². The Balaban J connectivity index is 1.21. The standard InChI is InChI=1S/C33H34N2O7S2/c1-23-30(42-21-29(36)41-20-24-9-4-2-5-10-24)32(33(37)38)43-31(23)26-13-8-14-28(19-26)34-27-15-17-35(18-16-27)44(39,40)22-25-11-6-3-7-12-25/h2-14,19,27,34H,15-18,20-22H2,1H3,(H,37,38). The number of nitrogens with one attached hydrogen (secondary N) is 1. The van der Waals surface area contributed by atoms with Crippen LogP contribution in [0.15, 0.2) is 84.9 Å². The lowest BCUT2D eigenvalue weighted by atomic mass is 10.0. The lowest BCUT2D eigenvalue weighted by molar-refractivity contribution is -0.147. The van der Waals surface area contributed by atoms with Gasteiger partial charge in [-0.3, -0.25) is 0 Å². The Morgan fingerprint density at radius 2 is 1.61 bits per heavy atom. The molecule has 230 valence electrons. The van der Waals surface area contributed by atoms with Crippen molar-refractivity contribution in [2.45, 2.75) is 38.2 Å². The Morgan fingerprint density at radius 1 is 0.955 bits per heavy atom. The van der Waals surface area contributed by atoms with Crippen molar-refractivity contribution >= 4 is 39.0 Å². The van der Waals surface area contributed by atoms with Crippen molar-refractivity contribution in [3.63, 3.8) is 0 Å². The fraction of sp³-hybridized carbons (Fsp3) is 0.273. The number of rotatable bonds is 12. The molecule has 0 amide bonds. The summed E-state index contributed by atoms with van der Waals surface area (Å²) in [5.41, 5.74) is 3.90. The number of carbonyl (C=O) groups excluding carboxylic acids is 1. The number of anilines is 1. The molecule has 0 aliphatic carbocycles. The maximum Gasteiger partial charge on any atom is 0.349 e. The van der Waals surface area contributed by atoms with E-state index in [1.54, 1.807) is 11.2 Å². The molecule has 2 heterocycles. The highest BCUT2D eigenvalue weighted by Crippen LogP contribution is 2.42. The number of thiophene rings is 1. The molecule has 44 heavy (non-hydrogen) atoms. The largest absolute Gasteiger partial charge is 0.480 e. The summed E-state index contributed by atoms with van der Waals surface area (Å²) in [6.07, 6.45) is 1.33. The Labute approximate surface area is 261 Å². The second-order valence-electron chi connectivity index (χ2n) is 10.6. The molecule has 1 saturated heterocycles. The number of sulfonamides is 1. The van der Waals surface area contributed by atoms with Crippen LogP contribution in [0.2, 0.25) is 0 Å². The highest BCUT2D eigenvalue weighted by molar-refractivity contribution is 7.88. The molecule has 0 radical (unpaired) electrons. The van der Waals surface area contributed by atoms with Gasteiger partial charge < -0.3 is 19.9 Å². The van der Waals surface area contributed by atoms with Gasteiger partial charge in [0.1, 0.15) is 12.4 Å². The van der Waals surface area contributed by atoms with E-state index in [1.807, 2.05) is 84.9 Å². The third kappa shape index (κ3) is 7.85. The molecule has 0 saturated carbocycles. The Hall–Kier alpha value is -4.19. The number of benzene rings is 3. The van der Waals surface area contributed by atoms with E-state index in [-0.39, 0.29) is 29.0 Å². The highest BCUT2D eigenvalue weighted by Gasteiger charge is 2.28. The average molecular weight is 635 g/mol. The van der Waals surface area contributed by atoms with Crippen molar-refractivity contribution in [1.29, 1.82) is 0 Å². The van der Waals surface area contributed by atoms with Gasteiger partial charge in [0.05, 0.1) is 5.75 Å². The molecule has 1 aliphatic rings. The molecule has 5 rings (SSSR count). The number of nitrogens with zero attached hydrogens (tertiary/aromatic N) is 1. The third-order valence-corrected chi connectivity index (χ3v) is 10.6. The predicted octanol–water partition coefficient (Wildman–Crippen LogP) is 5.95. The van der Waals surface area contributed by atoms with Gasteiger partial charge in [-0.25, -0.2) is 22.3 Å². The van der Waals surface area contributed by atoms with E-state index in [2.05, 4.69) is 5.32 Å². The predicted molar refractivity (Wildman–Crippen MR) is 170 cm³/mol. The van der Waals surface area contributed by atoms with Gasteiger partial charge in [-0.1, -0.05) is 72.8 Å². The molecule has 4 aromatic rings. The number of hydrogen-bond donors (Lipinski definition) is 2. The van der Waals surface area contributed by atoms with Crippen LogP contribution in [0.3, 0.4) is 0 Å². The Bertz CT molecular complexity index is 1700. The number of piperidine rings is 1. The molecular formula is C33H34N2O7S2. The van der Waals surface area contributed by atoms with Gasteiger partial charge in [-0.2, -0.15) is 0 Å². The van der Waals surface area contributed by atoms with Gasteiger partial charge in [-0.15, -0.1) is 11.3 Å². The van der Waals surface area contributed by atoms with Crippen LogP contribution in [0.25, 0.3) is 10.4 Å². The first-order valence-electron chi connectivity index (χ1n) is 14.3. The van der Waals surface area contributed by atoms with Gasteiger partial charge in [0.25, 0.3) is 0 Å². The summed E-state index contributed by atoms with van der Waals surface area (Å²) in [4.78, 5) is 25.1. The summed E-state index contributed by atoms with van der Waals surface area (Å²) >= 11 is 1.09. The summed E-state index contributed by atoms with van der Waals surface area (Å²) in [6, 6.07) is 26.2.